The zero-order valence-electron chi connectivity index (χ0n) is 15.7. The monoisotopic (exact) mass is 398 g/mol. The first-order valence-electron chi connectivity index (χ1n) is 9.01. The Balaban J connectivity index is 1.73. The van der Waals surface area contributed by atoms with Gasteiger partial charge in [-0.05, 0) is 37.6 Å². The summed E-state index contributed by atoms with van der Waals surface area (Å²) in [4.78, 5) is 25.6. The summed E-state index contributed by atoms with van der Waals surface area (Å²) in [7, 11) is 0. The van der Waals surface area contributed by atoms with Crippen molar-refractivity contribution in [2.24, 2.45) is 0 Å². The van der Waals surface area contributed by atoms with Crippen molar-refractivity contribution in [3.05, 3.63) is 66.1 Å². The van der Waals surface area contributed by atoms with E-state index in [-0.39, 0.29) is 25.1 Å². The molecule has 6 nitrogen and oxygen atoms in total. The van der Waals surface area contributed by atoms with Gasteiger partial charge in [-0.1, -0.05) is 30.3 Å². The molecule has 1 atom stereocenters. The molecular weight excluding hydrogens is 376 g/mol. The second-order valence-corrected chi connectivity index (χ2v) is 7.16. The Bertz CT molecular complexity index is 919. The maximum Gasteiger partial charge on any atom is 0.341 e. The van der Waals surface area contributed by atoms with Crippen LogP contribution in [-0.2, 0) is 9.53 Å². The van der Waals surface area contributed by atoms with Gasteiger partial charge in [-0.3, -0.25) is 10.1 Å². The van der Waals surface area contributed by atoms with Crippen LogP contribution in [0.15, 0.2) is 59.2 Å². The van der Waals surface area contributed by atoms with Crippen LogP contribution in [0.3, 0.4) is 0 Å². The third-order valence-electron chi connectivity index (χ3n) is 4.08. The molecule has 0 saturated heterocycles. The zero-order chi connectivity index (χ0) is 19.9. The van der Waals surface area contributed by atoms with Crippen LogP contribution in [0.25, 0.3) is 10.4 Å². The van der Waals surface area contributed by atoms with Gasteiger partial charge in [-0.2, -0.15) is 0 Å². The van der Waals surface area contributed by atoms with Crippen molar-refractivity contribution in [2.45, 2.75) is 19.9 Å². The van der Waals surface area contributed by atoms with E-state index in [0.717, 1.165) is 16.2 Å². The Morgan fingerprint density at radius 3 is 2.64 bits per heavy atom. The fourth-order valence-corrected chi connectivity index (χ4v) is 3.71. The summed E-state index contributed by atoms with van der Waals surface area (Å²) >= 11 is 1.35. The molecule has 0 fully saturated rings. The smallest absolute Gasteiger partial charge is 0.341 e. The average molecular weight is 398 g/mol. The number of anilines is 1. The number of rotatable bonds is 8. The number of thiophene rings is 1. The molecule has 7 heteroatoms. The molecular formula is C21H22N2O4S. The summed E-state index contributed by atoms with van der Waals surface area (Å²) in [5, 5.41) is 6.41. The molecule has 0 radical (unpaired) electrons. The lowest BCUT2D eigenvalue weighted by molar-refractivity contribution is -0.115. The standard InChI is InChI=1S/C21H22N2O4S/c1-3-26-21(25)16-12-18(15-8-5-4-6-9-15)28-20(16)23-19(24)13-22-14(2)17-10-7-11-27-17/h4-12,14,22H,3,13H2,1-2H3,(H,23,24)/t14-/m1/s1. The average Bonchev–Trinajstić information content (AvgIpc) is 3.37. The third-order valence-corrected chi connectivity index (χ3v) is 5.18. The minimum atomic E-state index is -0.451. The van der Waals surface area contributed by atoms with E-state index in [2.05, 4.69) is 10.6 Å². The molecule has 0 aliphatic heterocycles. The van der Waals surface area contributed by atoms with Crippen LogP contribution in [0.4, 0.5) is 5.00 Å². The first-order chi connectivity index (χ1) is 13.6. The van der Waals surface area contributed by atoms with Crippen molar-refractivity contribution in [3.8, 4) is 10.4 Å². The number of ether oxygens (including phenoxy) is 1. The molecule has 3 aromatic rings. The maximum atomic E-state index is 12.4. The quantitative estimate of drug-likeness (QED) is 0.547. The molecule has 146 valence electrons. The molecule has 0 aliphatic carbocycles. The number of hydrogen-bond acceptors (Lipinski definition) is 6. The first kappa shape index (κ1) is 19.9. The number of furan rings is 1. The zero-order valence-corrected chi connectivity index (χ0v) is 16.5. The number of carbonyl (C=O) groups excluding carboxylic acids is 2. The van der Waals surface area contributed by atoms with Gasteiger partial charge in [0.1, 0.15) is 10.8 Å². The van der Waals surface area contributed by atoms with Crippen molar-refractivity contribution >= 4 is 28.2 Å². The lowest BCUT2D eigenvalue weighted by Gasteiger charge is -2.11. The third kappa shape index (κ3) is 4.88. The molecule has 2 aromatic heterocycles. The van der Waals surface area contributed by atoms with Gasteiger partial charge in [-0.25, -0.2) is 4.79 Å². The number of benzene rings is 1. The Kier molecular flexibility index (Phi) is 6.62. The molecule has 28 heavy (non-hydrogen) atoms. The normalized spacial score (nSPS) is 11.8. The highest BCUT2D eigenvalue weighted by Gasteiger charge is 2.20. The molecule has 2 N–H and O–H groups in total. The fourth-order valence-electron chi connectivity index (χ4n) is 2.64. The molecule has 0 saturated carbocycles. The number of esters is 1. The Morgan fingerprint density at radius 2 is 1.96 bits per heavy atom. The predicted octanol–water partition coefficient (Wildman–Crippen LogP) is 4.47. The summed E-state index contributed by atoms with van der Waals surface area (Å²) in [6.45, 7) is 4.02. The number of carbonyl (C=O) groups is 2. The molecule has 1 aromatic carbocycles. The van der Waals surface area contributed by atoms with E-state index in [1.807, 2.05) is 43.3 Å². The van der Waals surface area contributed by atoms with Gasteiger partial charge >= 0.3 is 5.97 Å². The molecule has 0 bridgehead atoms. The highest BCUT2D eigenvalue weighted by molar-refractivity contribution is 7.20. The fraction of sp³-hybridized carbons (Fsp3) is 0.238. The van der Waals surface area contributed by atoms with Crippen molar-refractivity contribution in [2.75, 3.05) is 18.5 Å². The SMILES string of the molecule is CCOC(=O)c1cc(-c2ccccc2)sc1NC(=O)CN[C@H](C)c1ccco1. The predicted molar refractivity (Wildman–Crippen MR) is 109 cm³/mol. The van der Waals surface area contributed by atoms with Gasteiger partial charge in [0.25, 0.3) is 0 Å². The summed E-state index contributed by atoms with van der Waals surface area (Å²) in [5.74, 6) is 0.0565. The largest absolute Gasteiger partial charge is 0.468 e. The molecule has 2 heterocycles. The summed E-state index contributed by atoms with van der Waals surface area (Å²) in [6, 6.07) is 15.0. The van der Waals surface area contributed by atoms with Gasteiger partial charge in [0.15, 0.2) is 0 Å². The van der Waals surface area contributed by atoms with Crippen LogP contribution < -0.4 is 10.6 Å². The Morgan fingerprint density at radius 1 is 1.18 bits per heavy atom. The van der Waals surface area contributed by atoms with Gasteiger partial charge < -0.3 is 14.5 Å². The highest BCUT2D eigenvalue weighted by Crippen LogP contribution is 2.35. The first-order valence-corrected chi connectivity index (χ1v) is 9.83. The topological polar surface area (TPSA) is 80.6 Å². The van der Waals surface area contributed by atoms with Gasteiger partial charge in [0.2, 0.25) is 5.91 Å². The molecule has 1 amide bonds. The van der Waals surface area contributed by atoms with Crippen LogP contribution in [0.1, 0.15) is 36.0 Å². The van der Waals surface area contributed by atoms with E-state index in [1.54, 1.807) is 25.3 Å². The second kappa shape index (κ2) is 9.34. The van der Waals surface area contributed by atoms with E-state index in [4.69, 9.17) is 9.15 Å². The molecule has 3 rings (SSSR count). The van der Waals surface area contributed by atoms with Crippen LogP contribution in [0.2, 0.25) is 0 Å². The Labute approximate surface area is 167 Å². The van der Waals surface area contributed by atoms with Crippen LogP contribution in [0.5, 0.6) is 0 Å². The van der Waals surface area contributed by atoms with E-state index < -0.39 is 5.97 Å². The summed E-state index contributed by atoms with van der Waals surface area (Å²) in [6.07, 6.45) is 1.59. The Hall–Kier alpha value is -2.90. The number of amides is 1. The highest BCUT2D eigenvalue weighted by atomic mass is 32.1. The number of hydrogen-bond donors (Lipinski definition) is 2. The maximum absolute atomic E-state index is 12.4. The van der Waals surface area contributed by atoms with Crippen molar-refractivity contribution < 1.29 is 18.7 Å². The lowest BCUT2D eigenvalue weighted by atomic mass is 10.1. The van der Waals surface area contributed by atoms with Crippen molar-refractivity contribution in [1.82, 2.24) is 5.32 Å². The van der Waals surface area contributed by atoms with E-state index in [0.29, 0.717) is 10.6 Å². The number of nitrogens with one attached hydrogen (secondary N) is 2. The van der Waals surface area contributed by atoms with E-state index >= 15 is 0 Å². The minimum Gasteiger partial charge on any atom is -0.468 e. The van der Waals surface area contributed by atoms with Crippen LogP contribution >= 0.6 is 11.3 Å². The van der Waals surface area contributed by atoms with E-state index in [1.165, 1.54) is 11.3 Å². The van der Waals surface area contributed by atoms with Gasteiger partial charge in [0.05, 0.1) is 31.0 Å². The van der Waals surface area contributed by atoms with Crippen molar-refractivity contribution in [3.63, 3.8) is 0 Å². The van der Waals surface area contributed by atoms with Gasteiger partial charge in [0, 0.05) is 4.88 Å². The van der Waals surface area contributed by atoms with Crippen molar-refractivity contribution in [1.29, 1.82) is 0 Å². The minimum absolute atomic E-state index is 0.0860. The molecule has 0 unspecified atom stereocenters. The summed E-state index contributed by atoms with van der Waals surface area (Å²) < 4.78 is 10.5. The van der Waals surface area contributed by atoms with Gasteiger partial charge in [-0.15, -0.1) is 11.3 Å². The van der Waals surface area contributed by atoms with E-state index in [9.17, 15) is 9.59 Å². The lowest BCUT2D eigenvalue weighted by Crippen LogP contribution is -2.30. The van der Waals surface area contributed by atoms with Crippen LogP contribution in [0, 0.1) is 0 Å². The molecule has 0 aliphatic rings. The summed E-state index contributed by atoms with van der Waals surface area (Å²) in [5.41, 5.74) is 1.33. The molecule has 0 spiro atoms. The second-order valence-electron chi connectivity index (χ2n) is 6.11. The van der Waals surface area contributed by atoms with Crippen LogP contribution in [-0.4, -0.2) is 25.0 Å².